The third-order valence-corrected chi connectivity index (χ3v) is 15.7. The first kappa shape index (κ1) is 47.4. The predicted molar refractivity (Wildman–Crippen MR) is 252 cm³/mol. The molecule has 386 valence electrons. The molecule has 4 N–H and O–H groups in total. The number of nitrogens with one attached hydrogen (secondary N) is 4. The number of likely N-dealkylation sites (tertiary alicyclic amines) is 2. The number of pyridine rings is 2. The zero-order valence-electron chi connectivity index (χ0n) is 40.9. The summed E-state index contributed by atoms with van der Waals surface area (Å²) in [4.78, 5) is 66.2. The molecule has 2 aliphatic heterocycles. The van der Waals surface area contributed by atoms with Gasteiger partial charge in [0.25, 0.3) is 11.8 Å². The molecular weight excluding hydrogens is 963 g/mol. The predicted octanol–water partition coefficient (Wildman–Crippen LogP) is 5.89. The van der Waals surface area contributed by atoms with Gasteiger partial charge < -0.3 is 38.7 Å². The third-order valence-electron chi connectivity index (χ3n) is 15.7. The zero-order valence-corrected chi connectivity index (χ0v) is 40.9. The van der Waals surface area contributed by atoms with E-state index in [1.807, 2.05) is 11.8 Å². The van der Waals surface area contributed by atoms with Gasteiger partial charge in [-0.2, -0.15) is 10.2 Å². The van der Waals surface area contributed by atoms with Crippen LogP contribution in [0.2, 0.25) is 0 Å². The van der Waals surface area contributed by atoms with Gasteiger partial charge in [0.05, 0.1) is 37.5 Å². The van der Waals surface area contributed by atoms with Crippen LogP contribution in [-0.4, -0.2) is 122 Å². The Kier molecular flexibility index (Phi) is 11.8. The van der Waals surface area contributed by atoms with E-state index >= 15 is 4.39 Å². The minimum Gasteiger partial charge on any atom is -0.481 e. The van der Waals surface area contributed by atoms with E-state index in [2.05, 4.69) is 61.4 Å². The quantitative estimate of drug-likeness (QED) is 0.0879. The second-order valence-corrected chi connectivity index (χ2v) is 20.9. The summed E-state index contributed by atoms with van der Waals surface area (Å²) in [6.45, 7) is 4.60. The number of rotatable bonds is 16. The molecule has 4 amide bonds. The molecule has 22 nitrogen and oxygen atoms in total. The molecule has 6 fully saturated rings. The number of aromatic amines is 2. The molecule has 0 bridgehead atoms. The fourth-order valence-electron chi connectivity index (χ4n) is 10.8. The van der Waals surface area contributed by atoms with Crippen molar-refractivity contribution in [1.82, 2.24) is 71.2 Å². The van der Waals surface area contributed by atoms with Crippen molar-refractivity contribution in [3.8, 4) is 34.3 Å². The number of aromatic nitrogens is 10. The van der Waals surface area contributed by atoms with Crippen molar-refractivity contribution < 1.29 is 46.3 Å². The Hall–Kier alpha value is -7.66. The van der Waals surface area contributed by atoms with Gasteiger partial charge in [-0.25, -0.2) is 18.7 Å². The van der Waals surface area contributed by atoms with Crippen LogP contribution in [0.1, 0.15) is 153 Å². The van der Waals surface area contributed by atoms with Crippen molar-refractivity contribution >= 4 is 23.6 Å². The number of carbonyl (C=O) groups excluding carboxylic acids is 4. The van der Waals surface area contributed by atoms with Crippen molar-refractivity contribution in [1.29, 1.82) is 0 Å². The lowest BCUT2D eigenvalue weighted by Gasteiger charge is -2.39. The highest BCUT2D eigenvalue weighted by Crippen LogP contribution is 2.52. The highest BCUT2D eigenvalue weighted by Gasteiger charge is 2.56. The van der Waals surface area contributed by atoms with Gasteiger partial charge in [0.1, 0.15) is 23.5 Å². The molecule has 2 saturated heterocycles. The molecule has 24 heteroatoms. The van der Waals surface area contributed by atoms with Gasteiger partial charge in [-0.3, -0.25) is 29.4 Å². The summed E-state index contributed by atoms with van der Waals surface area (Å²) in [7, 11) is 1.43. The lowest BCUT2D eigenvalue weighted by atomic mass is 9.87. The van der Waals surface area contributed by atoms with E-state index in [0.717, 1.165) is 50.9 Å². The van der Waals surface area contributed by atoms with E-state index in [9.17, 15) is 23.6 Å². The molecule has 12 rings (SSSR count). The van der Waals surface area contributed by atoms with Gasteiger partial charge in [-0.15, -0.1) is 20.4 Å². The Bertz CT molecular complexity index is 3160. The smallest absolute Gasteiger partial charge is 0.272 e. The first-order valence-corrected chi connectivity index (χ1v) is 25.3. The normalized spacial score (nSPS) is 23.0. The molecule has 0 aromatic carbocycles. The molecule has 2 unspecified atom stereocenters. The van der Waals surface area contributed by atoms with Crippen molar-refractivity contribution in [2.24, 2.45) is 17.8 Å². The Morgan fingerprint density at radius 2 is 1.22 bits per heavy atom. The topological polar surface area (TPSA) is 278 Å². The Balaban J connectivity index is 0.607. The fourth-order valence-corrected chi connectivity index (χ4v) is 10.8. The number of nitrogens with zero attached hydrogens (tertiary/aromatic N) is 10. The van der Waals surface area contributed by atoms with Crippen LogP contribution < -0.4 is 20.1 Å². The van der Waals surface area contributed by atoms with Crippen molar-refractivity contribution in [3.63, 3.8) is 0 Å². The SMILES string of the molecule is COc1cc(-c2cc(C(=O)N3CC[C@H](C(=O)N[C@H](C)c4nnc(C5CC5COc5cc(-c6cc(C(=O)N7CC[C@H](C(=O)N[C@@H](C)c8nnc(C9CC9)o8)CC78CC8)[nH]n6)c(F)cn5)o4)CC34CC4)[nH]n2)c(F)cn1. The highest BCUT2D eigenvalue weighted by atomic mass is 19.1. The van der Waals surface area contributed by atoms with E-state index in [0.29, 0.717) is 68.8 Å². The van der Waals surface area contributed by atoms with Gasteiger partial charge in [-0.1, -0.05) is 0 Å². The molecule has 6 aromatic heterocycles. The Labute approximate surface area is 421 Å². The van der Waals surface area contributed by atoms with E-state index in [-0.39, 0.29) is 105 Å². The highest BCUT2D eigenvalue weighted by molar-refractivity contribution is 5.95. The van der Waals surface area contributed by atoms with Crippen LogP contribution in [0.25, 0.3) is 22.5 Å². The van der Waals surface area contributed by atoms with Gasteiger partial charge in [0.2, 0.25) is 47.1 Å². The number of hydrogen-bond donors (Lipinski definition) is 4. The maximum atomic E-state index is 15.3. The largest absolute Gasteiger partial charge is 0.481 e. The number of methoxy groups -OCH3 is 1. The average Bonchev–Trinajstić information content (AvgIpc) is 4.42. The maximum absolute atomic E-state index is 15.3. The van der Waals surface area contributed by atoms with Crippen LogP contribution in [0, 0.1) is 29.4 Å². The number of amides is 4. The van der Waals surface area contributed by atoms with E-state index in [1.165, 1.54) is 31.4 Å². The van der Waals surface area contributed by atoms with Gasteiger partial charge in [-0.05, 0) is 96.6 Å². The lowest BCUT2D eigenvalue weighted by Crippen LogP contribution is -2.51. The number of hydrogen-bond acceptors (Lipinski definition) is 16. The van der Waals surface area contributed by atoms with Crippen molar-refractivity contribution in [2.45, 2.75) is 119 Å². The number of H-pyrrole nitrogens is 2. The van der Waals surface area contributed by atoms with Gasteiger partial charge >= 0.3 is 0 Å². The second kappa shape index (κ2) is 18.4. The molecule has 2 spiro atoms. The van der Waals surface area contributed by atoms with E-state index < -0.39 is 34.8 Å². The summed E-state index contributed by atoms with van der Waals surface area (Å²) < 4.78 is 52.8. The molecule has 4 saturated carbocycles. The standard InChI is InChI=1S/C50H54F2N14O8/c1-24(43-61-63-45(73-43)26-4-5-26)55-41(67)27-6-12-66(49(19-27)8-9-49)48(70)38-18-36(58-60-38)32-16-40(54-22-34(32)52)72-23-29-14-30(29)46-64-62-44(74-46)25(2)56-42(68)28-7-13-65(50(20-28)10-11-50)47(69)37-17-35(57-59-37)31-15-39(71-3)53-21-33(31)51/h15-18,21-22,24-30H,4-14,19-20,23H2,1-3H3,(H,55,67)(H,56,68)(H,57,59)(H,58,60)/t24-,25+,27-,28-,29?,30?/m0/s1. The third kappa shape index (κ3) is 9.11. The molecule has 6 atom stereocenters. The molecule has 6 aliphatic rings. The molecule has 8 heterocycles. The maximum Gasteiger partial charge on any atom is 0.272 e. The van der Waals surface area contributed by atoms with E-state index in [4.69, 9.17) is 18.3 Å². The average molecular weight is 1020 g/mol. The van der Waals surface area contributed by atoms with Crippen LogP contribution in [-0.2, 0) is 9.59 Å². The first-order valence-electron chi connectivity index (χ1n) is 25.3. The summed E-state index contributed by atoms with van der Waals surface area (Å²) in [5.74, 6) is -0.274. The van der Waals surface area contributed by atoms with Crippen molar-refractivity contribution in [2.75, 3.05) is 26.8 Å². The van der Waals surface area contributed by atoms with Crippen LogP contribution in [0.3, 0.4) is 0 Å². The summed E-state index contributed by atoms with van der Waals surface area (Å²) in [5, 5.41) is 36.9. The number of halogens is 2. The minimum atomic E-state index is -0.633. The van der Waals surface area contributed by atoms with E-state index in [1.54, 1.807) is 11.8 Å². The number of carbonyl (C=O) groups is 4. The molecule has 4 aliphatic carbocycles. The molecular formula is C50H54F2N14O8. The van der Waals surface area contributed by atoms with Crippen LogP contribution in [0.4, 0.5) is 8.78 Å². The monoisotopic (exact) mass is 1020 g/mol. The molecule has 6 aromatic rings. The second-order valence-electron chi connectivity index (χ2n) is 20.9. The lowest BCUT2D eigenvalue weighted by molar-refractivity contribution is -0.128. The summed E-state index contributed by atoms with van der Waals surface area (Å²) in [5.41, 5.74) is 0.291. The number of ether oxygens (including phenoxy) is 2. The minimum absolute atomic E-state index is 0.0215. The van der Waals surface area contributed by atoms with Gasteiger partial charge in [0.15, 0.2) is 11.6 Å². The summed E-state index contributed by atoms with van der Waals surface area (Å²) in [6, 6.07) is 4.92. The Morgan fingerprint density at radius 1 is 0.716 bits per heavy atom. The van der Waals surface area contributed by atoms with Crippen LogP contribution in [0.15, 0.2) is 45.5 Å². The van der Waals surface area contributed by atoms with Gasteiger partial charge in [0, 0.05) is 77.0 Å². The molecule has 74 heavy (non-hydrogen) atoms. The summed E-state index contributed by atoms with van der Waals surface area (Å²) in [6.07, 6.45) is 9.93. The number of piperidine rings is 2. The van der Waals surface area contributed by atoms with Crippen molar-refractivity contribution in [3.05, 3.63) is 83.2 Å². The fraction of sp³-hybridized carbons (Fsp3) is 0.520. The first-order chi connectivity index (χ1) is 35.8. The Morgan fingerprint density at radius 3 is 1.73 bits per heavy atom. The zero-order chi connectivity index (χ0) is 51.0. The molecule has 0 radical (unpaired) electrons. The van der Waals surface area contributed by atoms with Crippen LogP contribution >= 0.6 is 0 Å². The summed E-state index contributed by atoms with van der Waals surface area (Å²) >= 11 is 0. The van der Waals surface area contributed by atoms with Crippen LogP contribution in [0.5, 0.6) is 11.8 Å².